The maximum absolute atomic E-state index is 12.6. The highest BCUT2D eigenvalue weighted by Crippen LogP contribution is 2.22. The second-order valence-corrected chi connectivity index (χ2v) is 6.15. The number of aryl methyl sites for hydroxylation is 1. The van der Waals surface area contributed by atoms with Crippen molar-refractivity contribution in [3.8, 4) is 12.1 Å². The molecule has 0 aliphatic heterocycles. The molecule has 0 aliphatic rings. The van der Waals surface area contributed by atoms with E-state index in [0.29, 0.717) is 11.3 Å². The highest BCUT2D eigenvalue weighted by Gasteiger charge is 2.25. The fraction of sp³-hybridized carbons (Fsp3) is 0.385. The zero-order chi connectivity index (χ0) is 15.2. The summed E-state index contributed by atoms with van der Waals surface area (Å²) < 4.78 is 26.3. The lowest BCUT2D eigenvalue weighted by molar-refractivity contribution is 0.424. The van der Waals surface area contributed by atoms with Crippen LogP contribution in [0.25, 0.3) is 0 Å². The Morgan fingerprint density at radius 1 is 1.20 bits per heavy atom. The fourth-order valence-electron chi connectivity index (χ4n) is 1.74. The fourth-order valence-corrected chi connectivity index (χ4v) is 3.44. The Morgan fingerprint density at radius 2 is 1.75 bits per heavy atom. The largest absolute Gasteiger partial charge is 0.399 e. The number of nitrogens with two attached hydrogens (primary N) is 1. The van der Waals surface area contributed by atoms with Crippen molar-refractivity contribution in [2.45, 2.75) is 24.7 Å². The average molecular weight is 292 g/mol. The first-order valence-corrected chi connectivity index (χ1v) is 7.47. The molecule has 0 radical (unpaired) electrons. The number of anilines is 1. The zero-order valence-corrected chi connectivity index (χ0v) is 12.0. The summed E-state index contributed by atoms with van der Waals surface area (Å²) in [7, 11) is -3.75. The van der Waals surface area contributed by atoms with E-state index < -0.39 is 10.0 Å². The lowest BCUT2D eigenvalue weighted by atomic mass is 10.2. The Balaban J connectivity index is 3.18. The minimum atomic E-state index is -3.75. The third-order valence-corrected chi connectivity index (χ3v) is 4.82. The van der Waals surface area contributed by atoms with Gasteiger partial charge in [-0.25, -0.2) is 8.42 Å². The molecule has 0 heterocycles. The number of hydrogen-bond donors (Lipinski definition) is 1. The predicted molar refractivity (Wildman–Crippen MR) is 74.8 cm³/mol. The average Bonchev–Trinajstić information content (AvgIpc) is 2.41. The number of nitrogen functional groups attached to an aromatic ring is 1. The first kappa shape index (κ1) is 16.0. The molecule has 106 valence electrons. The molecule has 2 N–H and O–H groups in total. The Hall–Kier alpha value is -2.09. The van der Waals surface area contributed by atoms with Gasteiger partial charge in [0.05, 0.1) is 17.0 Å². The molecular formula is C13H16N4O2S. The Labute approximate surface area is 119 Å². The van der Waals surface area contributed by atoms with Crippen molar-refractivity contribution < 1.29 is 8.42 Å². The molecule has 1 aromatic carbocycles. The van der Waals surface area contributed by atoms with E-state index in [2.05, 4.69) is 0 Å². The van der Waals surface area contributed by atoms with E-state index in [4.69, 9.17) is 16.3 Å². The van der Waals surface area contributed by atoms with Gasteiger partial charge in [-0.1, -0.05) is 6.07 Å². The van der Waals surface area contributed by atoms with Gasteiger partial charge < -0.3 is 5.73 Å². The molecule has 0 saturated heterocycles. The first-order valence-electron chi connectivity index (χ1n) is 6.03. The van der Waals surface area contributed by atoms with Crippen molar-refractivity contribution in [2.24, 2.45) is 0 Å². The van der Waals surface area contributed by atoms with Gasteiger partial charge in [0.15, 0.2) is 0 Å². The Kier molecular flexibility index (Phi) is 5.51. The number of rotatable bonds is 6. The monoisotopic (exact) mass is 292 g/mol. The van der Waals surface area contributed by atoms with Crippen LogP contribution in [0.3, 0.4) is 0 Å². The van der Waals surface area contributed by atoms with E-state index in [9.17, 15) is 8.42 Å². The molecule has 0 saturated carbocycles. The van der Waals surface area contributed by atoms with E-state index in [1.807, 2.05) is 12.1 Å². The number of benzene rings is 1. The maximum atomic E-state index is 12.6. The second-order valence-electron chi connectivity index (χ2n) is 4.25. The van der Waals surface area contributed by atoms with Crippen LogP contribution in [0.1, 0.15) is 18.4 Å². The number of nitriles is 2. The molecule has 1 aromatic rings. The molecular weight excluding hydrogens is 276 g/mol. The zero-order valence-electron chi connectivity index (χ0n) is 11.2. The van der Waals surface area contributed by atoms with Crippen LogP contribution in [0.2, 0.25) is 0 Å². The van der Waals surface area contributed by atoms with Crippen LogP contribution in [0, 0.1) is 29.6 Å². The van der Waals surface area contributed by atoms with Gasteiger partial charge in [0.25, 0.3) is 0 Å². The maximum Gasteiger partial charge on any atom is 0.243 e. The quantitative estimate of drug-likeness (QED) is 0.796. The van der Waals surface area contributed by atoms with Crippen LogP contribution in [-0.2, 0) is 10.0 Å². The second kappa shape index (κ2) is 6.90. The lowest BCUT2D eigenvalue weighted by Crippen LogP contribution is -2.33. The van der Waals surface area contributed by atoms with E-state index in [1.54, 1.807) is 19.1 Å². The van der Waals surface area contributed by atoms with Crippen LogP contribution >= 0.6 is 0 Å². The predicted octanol–water partition coefficient (Wildman–Crippen LogP) is 1.40. The van der Waals surface area contributed by atoms with E-state index in [-0.39, 0.29) is 30.8 Å². The van der Waals surface area contributed by atoms with E-state index in [0.717, 1.165) is 4.31 Å². The summed E-state index contributed by atoms with van der Waals surface area (Å²) in [6, 6.07) is 8.48. The van der Waals surface area contributed by atoms with E-state index >= 15 is 0 Å². The van der Waals surface area contributed by atoms with Gasteiger partial charge in [-0.05, 0) is 24.6 Å². The first-order chi connectivity index (χ1) is 9.43. The lowest BCUT2D eigenvalue weighted by Gasteiger charge is -2.21. The Bertz CT molecular complexity index is 638. The highest BCUT2D eigenvalue weighted by atomic mass is 32.2. The SMILES string of the molecule is Cc1ccc(N)cc1S(=O)(=O)N(CCC#N)CCC#N. The summed E-state index contributed by atoms with van der Waals surface area (Å²) >= 11 is 0. The summed E-state index contributed by atoms with van der Waals surface area (Å²) in [5, 5.41) is 17.2. The summed E-state index contributed by atoms with van der Waals surface area (Å²) in [5.41, 5.74) is 6.57. The van der Waals surface area contributed by atoms with Gasteiger partial charge in [-0.2, -0.15) is 14.8 Å². The van der Waals surface area contributed by atoms with Gasteiger partial charge in [-0.3, -0.25) is 0 Å². The van der Waals surface area contributed by atoms with Gasteiger partial charge in [0, 0.05) is 31.6 Å². The molecule has 0 aliphatic carbocycles. The normalized spacial score (nSPS) is 11.0. The minimum absolute atomic E-state index is 0.0642. The smallest absolute Gasteiger partial charge is 0.243 e. The van der Waals surface area contributed by atoms with Gasteiger partial charge in [0.1, 0.15) is 0 Å². The van der Waals surface area contributed by atoms with Gasteiger partial charge in [-0.15, -0.1) is 0 Å². The standard InChI is InChI=1S/C13H16N4O2S/c1-11-4-5-12(16)10-13(11)20(18,19)17(8-2-6-14)9-3-7-15/h4-5,10H,2-3,8-9,16H2,1H3. The minimum Gasteiger partial charge on any atom is -0.399 e. The molecule has 20 heavy (non-hydrogen) atoms. The van der Waals surface area contributed by atoms with E-state index in [1.165, 1.54) is 6.07 Å². The van der Waals surface area contributed by atoms with Crippen molar-refractivity contribution in [3.05, 3.63) is 23.8 Å². The number of nitrogens with zero attached hydrogens (tertiary/aromatic N) is 3. The summed E-state index contributed by atoms with van der Waals surface area (Å²) in [4.78, 5) is 0.119. The third-order valence-electron chi connectivity index (χ3n) is 2.78. The van der Waals surface area contributed by atoms with Crippen molar-refractivity contribution >= 4 is 15.7 Å². The molecule has 0 amide bonds. The number of sulfonamides is 1. The van der Waals surface area contributed by atoms with Crippen molar-refractivity contribution in [1.29, 1.82) is 10.5 Å². The third kappa shape index (κ3) is 3.70. The molecule has 0 spiro atoms. The van der Waals surface area contributed by atoms with Crippen LogP contribution in [0.15, 0.2) is 23.1 Å². The van der Waals surface area contributed by atoms with Crippen LogP contribution < -0.4 is 5.73 Å². The molecule has 0 atom stereocenters. The molecule has 0 unspecified atom stereocenters. The van der Waals surface area contributed by atoms with Crippen LogP contribution in [0.4, 0.5) is 5.69 Å². The van der Waals surface area contributed by atoms with Crippen molar-refractivity contribution in [1.82, 2.24) is 4.31 Å². The molecule has 0 aromatic heterocycles. The highest BCUT2D eigenvalue weighted by molar-refractivity contribution is 7.89. The summed E-state index contributed by atoms with van der Waals surface area (Å²) in [5.74, 6) is 0. The van der Waals surface area contributed by atoms with Gasteiger partial charge in [0.2, 0.25) is 10.0 Å². The van der Waals surface area contributed by atoms with Crippen molar-refractivity contribution in [3.63, 3.8) is 0 Å². The molecule has 0 fully saturated rings. The van der Waals surface area contributed by atoms with Crippen LogP contribution in [-0.4, -0.2) is 25.8 Å². The molecule has 1 rings (SSSR count). The van der Waals surface area contributed by atoms with Crippen molar-refractivity contribution in [2.75, 3.05) is 18.8 Å². The van der Waals surface area contributed by atoms with Crippen LogP contribution in [0.5, 0.6) is 0 Å². The molecule has 7 heteroatoms. The summed E-state index contributed by atoms with van der Waals surface area (Å²) in [6.07, 6.45) is 0.151. The molecule has 6 nitrogen and oxygen atoms in total. The summed E-state index contributed by atoms with van der Waals surface area (Å²) in [6.45, 7) is 1.81. The van der Waals surface area contributed by atoms with Gasteiger partial charge >= 0.3 is 0 Å². The number of hydrogen-bond acceptors (Lipinski definition) is 5. The molecule has 0 bridgehead atoms. The Morgan fingerprint density at radius 3 is 2.25 bits per heavy atom. The topological polar surface area (TPSA) is 111 Å².